The molecule has 1 N–H and O–H groups in total. The van der Waals surface area contributed by atoms with Gasteiger partial charge < -0.3 is 9.84 Å². The summed E-state index contributed by atoms with van der Waals surface area (Å²) >= 11 is 0. The van der Waals surface area contributed by atoms with E-state index in [1.54, 1.807) is 6.07 Å². The third-order valence-electron chi connectivity index (χ3n) is 4.66. The maximum Gasteiger partial charge on any atom is 0.247 e. The van der Waals surface area contributed by atoms with Crippen LogP contribution in [0.4, 0.5) is 5.82 Å². The number of aromatic nitrogens is 1. The molecular weight excluding hydrogens is 302 g/mol. The summed E-state index contributed by atoms with van der Waals surface area (Å²) in [5, 5.41) is 6.79. The highest BCUT2D eigenvalue weighted by molar-refractivity contribution is 5.94. The fraction of sp³-hybridized carbons (Fsp3) is 0.474. The number of aryl methyl sites for hydroxylation is 1. The van der Waals surface area contributed by atoms with Crippen LogP contribution in [-0.4, -0.2) is 29.1 Å². The van der Waals surface area contributed by atoms with Gasteiger partial charge in [-0.1, -0.05) is 42.4 Å². The lowest BCUT2D eigenvalue weighted by Gasteiger charge is -2.29. The molecule has 0 radical (unpaired) electrons. The number of hydrogen-bond donors (Lipinski definition) is 1. The average Bonchev–Trinajstić information content (AvgIpc) is 2.86. The van der Waals surface area contributed by atoms with Gasteiger partial charge >= 0.3 is 0 Å². The first-order valence-corrected chi connectivity index (χ1v) is 8.66. The predicted octanol–water partition coefficient (Wildman–Crippen LogP) is 3.78. The van der Waals surface area contributed by atoms with Crippen molar-refractivity contribution in [2.24, 2.45) is 5.92 Å². The van der Waals surface area contributed by atoms with Crippen LogP contribution in [0.3, 0.4) is 0 Å². The Kier molecular flexibility index (Phi) is 5.30. The molecule has 1 amide bonds. The summed E-state index contributed by atoms with van der Waals surface area (Å²) in [6, 6.07) is 11.4. The van der Waals surface area contributed by atoms with Crippen LogP contribution in [0.2, 0.25) is 0 Å². The lowest BCUT2D eigenvalue weighted by atomic mass is 10.0. The molecule has 1 aliphatic rings. The smallest absolute Gasteiger partial charge is 0.247 e. The highest BCUT2D eigenvalue weighted by Gasteiger charge is 2.29. The Morgan fingerprint density at radius 3 is 2.79 bits per heavy atom. The summed E-state index contributed by atoms with van der Waals surface area (Å²) in [7, 11) is 0. The second kappa shape index (κ2) is 7.62. The van der Waals surface area contributed by atoms with Crippen LogP contribution in [0.5, 0.6) is 0 Å². The Hall–Kier alpha value is -2.14. The standard InChI is InChI=1S/C19H25N3O2/c1-14-7-6-11-22(12-10-14)18(16-8-4-3-5-9-16)19(23)20-17-13-15(2)24-21-17/h3-5,8-9,13-14,18H,6-7,10-12H2,1-2H3,(H,20,21,23)/t14-,18-/m1/s1. The Morgan fingerprint density at radius 1 is 1.29 bits per heavy atom. The molecule has 3 rings (SSSR count). The van der Waals surface area contributed by atoms with Crippen molar-refractivity contribution < 1.29 is 9.32 Å². The van der Waals surface area contributed by atoms with Crippen molar-refractivity contribution in [3.63, 3.8) is 0 Å². The summed E-state index contributed by atoms with van der Waals surface area (Å²) in [4.78, 5) is 15.3. The van der Waals surface area contributed by atoms with E-state index < -0.39 is 0 Å². The maximum atomic E-state index is 13.0. The number of rotatable bonds is 4. The number of hydrogen-bond acceptors (Lipinski definition) is 4. The number of likely N-dealkylation sites (tertiary alicyclic amines) is 1. The van der Waals surface area contributed by atoms with E-state index in [4.69, 9.17) is 4.52 Å². The van der Waals surface area contributed by atoms with E-state index in [-0.39, 0.29) is 11.9 Å². The van der Waals surface area contributed by atoms with E-state index in [1.165, 1.54) is 6.42 Å². The molecule has 0 bridgehead atoms. The van der Waals surface area contributed by atoms with Gasteiger partial charge in [-0.2, -0.15) is 0 Å². The maximum absolute atomic E-state index is 13.0. The number of amides is 1. The number of carbonyl (C=O) groups is 1. The van der Waals surface area contributed by atoms with Crippen molar-refractivity contribution in [3.05, 3.63) is 47.7 Å². The second-order valence-electron chi connectivity index (χ2n) is 6.70. The first kappa shape index (κ1) is 16.7. The molecule has 0 spiro atoms. The predicted molar refractivity (Wildman–Crippen MR) is 93.6 cm³/mol. The first-order chi connectivity index (χ1) is 11.6. The minimum atomic E-state index is -0.298. The van der Waals surface area contributed by atoms with Gasteiger partial charge in [-0.3, -0.25) is 9.69 Å². The van der Waals surface area contributed by atoms with Gasteiger partial charge in [-0.25, -0.2) is 0 Å². The van der Waals surface area contributed by atoms with E-state index >= 15 is 0 Å². The van der Waals surface area contributed by atoms with Crippen LogP contribution in [0.15, 0.2) is 40.9 Å². The molecule has 24 heavy (non-hydrogen) atoms. The zero-order valence-electron chi connectivity index (χ0n) is 14.4. The zero-order valence-corrected chi connectivity index (χ0v) is 14.4. The second-order valence-corrected chi connectivity index (χ2v) is 6.70. The fourth-order valence-electron chi connectivity index (χ4n) is 3.33. The van der Waals surface area contributed by atoms with Gasteiger partial charge in [0.1, 0.15) is 11.8 Å². The molecule has 0 aliphatic carbocycles. The molecule has 2 aromatic rings. The van der Waals surface area contributed by atoms with E-state index in [0.717, 1.165) is 31.5 Å². The normalized spacial score (nSPS) is 20.3. The summed E-state index contributed by atoms with van der Waals surface area (Å²) in [6.45, 7) is 5.98. The quantitative estimate of drug-likeness (QED) is 0.928. The third-order valence-corrected chi connectivity index (χ3v) is 4.66. The third kappa shape index (κ3) is 4.03. The first-order valence-electron chi connectivity index (χ1n) is 8.66. The molecule has 5 heteroatoms. The topological polar surface area (TPSA) is 58.4 Å². The molecule has 2 atom stereocenters. The average molecular weight is 327 g/mol. The van der Waals surface area contributed by atoms with Crippen molar-refractivity contribution in [3.8, 4) is 0 Å². The SMILES string of the molecule is Cc1cc(NC(=O)[C@@H](c2ccccc2)N2CCC[C@@H](C)CC2)no1. The number of nitrogens with zero attached hydrogens (tertiary/aromatic N) is 2. The van der Waals surface area contributed by atoms with Gasteiger partial charge in [0.25, 0.3) is 0 Å². The van der Waals surface area contributed by atoms with E-state index in [2.05, 4.69) is 22.3 Å². The molecule has 0 unspecified atom stereocenters. The number of benzene rings is 1. The summed E-state index contributed by atoms with van der Waals surface area (Å²) < 4.78 is 5.05. The Morgan fingerprint density at radius 2 is 2.08 bits per heavy atom. The molecule has 2 heterocycles. The lowest BCUT2D eigenvalue weighted by Crippen LogP contribution is -2.38. The van der Waals surface area contributed by atoms with Crippen molar-refractivity contribution in [1.29, 1.82) is 0 Å². The van der Waals surface area contributed by atoms with Gasteiger partial charge in [0.05, 0.1) is 0 Å². The Balaban J connectivity index is 1.82. The Bertz CT molecular complexity index is 668. The molecule has 1 fully saturated rings. The zero-order chi connectivity index (χ0) is 16.9. The highest BCUT2D eigenvalue weighted by Crippen LogP contribution is 2.27. The van der Waals surface area contributed by atoms with Crippen LogP contribution in [-0.2, 0) is 4.79 Å². The van der Waals surface area contributed by atoms with Gasteiger partial charge in [-0.15, -0.1) is 0 Å². The molecule has 1 saturated heterocycles. The van der Waals surface area contributed by atoms with Gasteiger partial charge in [0.15, 0.2) is 5.82 Å². The lowest BCUT2D eigenvalue weighted by molar-refractivity contribution is -0.121. The fourth-order valence-corrected chi connectivity index (χ4v) is 3.33. The van der Waals surface area contributed by atoms with Crippen LogP contribution in [0, 0.1) is 12.8 Å². The molecule has 5 nitrogen and oxygen atoms in total. The monoisotopic (exact) mass is 327 g/mol. The van der Waals surface area contributed by atoms with Crippen molar-refractivity contribution in [2.45, 2.75) is 39.2 Å². The minimum absolute atomic E-state index is 0.0518. The summed E-state index contributed by atoms with van der Waals surface area (Å²) in [6.07, 6.45) is 3.47. The molecule has 1 aromatic heterocycles. The van der Waals surface area contributed by atoms with Crippen LogP contribution in [0.1, 0.15) is 43.6 Å². The molecule has 1 aliphatic heterocycles. The number of anilines is 1. The van der Waals surface area contributed by atoms with Crippen molar-refractivity contribution in [2.75, 3.05) is 18.4 Å². The molecular formula is C19H25N3O2. The Labute approximate surface area is 143 Å². The van der Waals surface area contributed by atoms with Gasteiger partial charge in [0.2, 0.25) is 5.91 Å². The van der Waals surface area contributed by atoms with E-state index in [1.807, 2.05) is 37.3 Å². The molecule has 0 saturated carbocycles. The van der Waals surface area contributed by atoms with Crippen LogP contribution >= 0.6 is 0 Å². The van der Waals surface area contributed by atoms with Gasteiger partial charge in [-0.05, 0) is 50.8 Å². The summed E-state index contributed by atoms with van der Waals surface area (Å²) in [5.74, 6) is 1.82. The van der Waals surface area contributed by atoms with Crippen LogP contribution in [0.25, 0.3) is 0 Å². The van der Waals surface area contributed by atoms with E-state index in [0.29, 0.717) is 17.5 Å². The van der Waals surface area contributed by atoms with E-state index in [9.17, 15) is 4.79 Å². The van der Waals surface area contributed by atoms with Gasteiger partial charge in [0, 0.05) is 6.07 Å². The molecule has 1 aromatic carbocycles. The van der Waals surface area contributed by atoms with Crippen molar-refractivity contribution >= 4 is 11.7 Å². The number of nitrogens with one attached hydrogen (secondary N) is 1. The van der Waals surface area contributed by atoms with Crippen molar-refractivity contribution in [1.82, 2.24) is 10.1 Å². The summed E-state index contributed by atoms with van der Waals surface area (Å²) in [5.41, 5.74) is 1.02. The molecule has 128 valence electrons. The minimum Gasteiger partial charge on any atom is -0.360 e. The highest BCUT2D eigenvalue weighted by atomic mass is 16.5. The largest absolute Gasteiger partial charge is 0.360 e. The number of carbonyl (C=O) groups excluding carboxylic acids is 1. The van der Waals surface area contributed by atoms with Crippen LogP contribution < -0.4 is 5.32 Å².